The second-order valence-corrected chi connectivity index (χ2v) is 10.7. The number of aromatic nitrogens is 1. The molecule has 1 fully saturated rings. The molecule has 0 aliphatic carbocycles. The first-order chi connectivity index (χ1) is 18.0. The third kappa shape index (κ3) is 5.49. The monoisotopic (exact) mass is 512 g/mol. The molecule has 7 nitrogen and oxygen atoms in total. The molecule has 188 valence electrons. The molecule has 1 aromatic heterocycles. The Kier molecular flexibility index (Phi) is 7.18. The van der Waals surface area contributed by atoms with Gasteiger partial charge in [0.05, 0.1) is 17.1 Å². The zero-order chi connectivity index (χ0) is 25.7. The summed E-state index contributed by atoms with van der Waals surface area (Å²) >= 11 is 0. The van der Waals surface area contributed by atoms with Gasteiger partial charge in [-0.3, -0.25) is 14.1 Å². The lowest BCUT2D eigenvalue weighted by molar-refractivity contribution is 0.0747. The van der Waals surface area contributed by atoms with Gasteiger partial charge < -0.3 is 9.80 Å². The van der Waals surface area contributed by atoms with Gasteiger partial charge in [0.1, 0.15) is 0 Å². The average molecular weight is 513 g/mol. The molecule has 1 aliphatic heterocycles. The SMILES string of the molecule is O=C(c1ccc(N(Cc2cccnc2)S(=O)(=O)c2ccccc2)cc1)N1CCN(c2ccccc2)CC1. The van der Waals surface area contributed by atoms with E-state index >= 15 is 0 Å². The van der Waals surface area contributed by atoms with Crippen molar-refractivity contribution in [1.82, 2.24) is 9.88 Å². The van der Waals surface area contributed by atoms with Gasteiger partial charge in [0.15, 0.2) is 0 Å². The van der Waals surface area contributed by atoms with Crippen molar-refractivity contribution in [2.24, 2.45) is 0 Å². The van der Waals surface area contributed by atoms with Crippen LogP contribution in [0.2, 0.25) is 0 Å². The first-order valence-corrected chi connectivity index (χ1v) is 13.6. The van der Waals surface area contributed by atoms with Crippen LogP contribution in [0.25, 0.3) is 0 Å². The fourth-order valence-electron chi connectivity index (χ4n) is 4.45. The number of benzene rings is 3. The van der Waals surface area contributed by atoms with Gasteiger partial charge in [-0.15, -0.1) is 0 Å². The summed E-state index contributed by atoms with van der Waals surface area (Å²) in [4.78, 5) is 21.7. The van der Waals surface area contributed by atoms with Crippen LogP contribution in [0.4, 0.5) is 11.4 Å². The maximum absolute atomic E-state index is 13.6. The van der Waals surface area contributed by atoms with Gasteiger partial charge in [-0.2, -0.15) is 0 Å². The normalized spacial score (nSPS) is 13.8. The quantitative estimate of drug-likeness (QED) is 0.366. The summed E-state index contributed by atoms with van der Waals surface area (Å²) in [7, 11) is -3.83. The van der Waals surface area contributed by atoms with Crippen LogP contribution >= 0.6 is 0 Å². The van der Waals surface area contributed by atoms with Crippen LogP contribution in [0.15, 0.2) is 114 Å². The summed E-state index contributed by atoms with van der Waals surface area (Å²) in [6.45, 7) is 2.92. The second kappa shape index (κ2) is 10.8. The number of rotatable bonds is 7. The molecule has 1 aliphatic rings. The molecule has 1 amide bonds. The van der Waals surface area contributed by atoms with E-state index in [1.165, 1.54) is 4.31 Å². The highest BCUT2D eigenvalue weighted by atomic mass is 32.2. The Morgan fingerprint density at radius 2 is 1.43 bits per heavy atom. The number of carbonyl (C=O) groups excluding carboxylic acids is 1. The molecule has 0 N–H and O–H groups in total. The zero-order valence-corrected chi connectivity index (χ0v) is 21.2. The van der Waals surface area contributed by atoms with E-state index in [0.29, 0.717) is 24.3 Å². The van der Waals surface area contributed by atoms with Crippen molar-refractivity contribution < 1.29 is 13.2 Å². The number of nitrogens with zero attached hydrogens (tertiary/aromatic N) is 4. The molecule has 0 unspecified atom stereocenters. The van der Waals surface area contributed by atoms with Crippen molar-refractivity contribution in [2.45, 2.75) is 11.4 Å². The number of anilines is 2. The summed E-state index contributed by atoms with van der Waals surface area (Å²) < 4.78 is 28.5. The van der Waals surface area contributed by atoms with Crippen LogP contribution in [0.1, 0.15) is 15.9 Å². The lowest BCUT2D eigenvalue weighted by atomic mass is 10.1. The van der Waals surface area contributed by atoms with Crippen LogP contribution in [-0.4, -0.2) is 50.4 Å². The third-order valence-electron chi connectivity index (χ3n) is 6.47. The largest absolute Gasteiger partial charge is 0.368 e. The smallest absolute Gasteiger partial charge is 0.264 e. The van der Waals surface area contributed by atoms with E-state index in [4.69, 9.17) is 0 Å². The number of piperazine rings is 1. The van der Waals surface area contributed by atoms with E-state index in [-0.39, 0.29) is 17.3 Å². The van der Waals surface area contributed by atoms with E-state index in [1.54, 1.807) is 73.1 Å². The van der Waals surface area contributed by atoms with Gasteiger partial charge in [0.2, 0.25) is 0 Å². The number of carbonyl (C=O) groups is 1. The fraction of sp³-hybridized carbons (Fsp3) is 0.172. The van der Waals surface area contributed by atoms with E-state index in [2.05, 4.69) is 22.0 Å². The van der Waals surface area contributed by atoms with E-state index < -0.39 is 10.0 Å². The minimum absolute atomic E-state index is 0.0519. The summed E-state index contributed by atoms with van der Waals surface area (Å²) in [6, 6.07) is 29.0. The average Bonchev–Trinajstić information content (AvgIpc) is 2.97. The highest BCUT2D eigenvalue weighted by Gasteiger charge is 2.26. The topological polar surface area (TPSA) is 73.8 Å². The Hall–Kier alpha value is -4.17. The summed E-state index contributed by atoms with van der Waals surface area (Å²) in [5, 5.41) is 0. The Bertz CT molecular complexity index is 1420. The molecule has 37 heavy (non-hydrogen) atoms. The molecule has 0 bridgehead atoms. The van der Waals surface area contributed by atoms with Gasteiger partial charge in [-0.25, -0.2) is 8.42 Å². The molecule has 5 rings (SSSR count). The van der Waals surface area contributed by atoms with E-state index in [9.17, 15) is 13.2 Å². The van der Waals surface area contributed by atoms with Gasteiger partial charge in [0, 0.05) is 49.8 Å². The third-order valence-corrected chi connectivity index (χ3v) is 8.26. The van der Waals surface area contributed by atoms with Gasteiger partial charge in [-0.05, 0) is 60.2 Å². The standard InChI is InChI=1S/C29H28N4O3S/c34-29(32-20-18-31(19-21-32)26-9-3-1-4-10-26)25-13-15-27(16-14-25)33(23-24-8-7-17-30-22-24)37(35,36)28-11-5-2-6-12-28/h1-17,22H,18-21,23H2. The van der Waals surface area contributed by atoms with E-state index in [0.717, 1.165) is 24.3 Å². The molecular weight excluding hydrogens is 484 g/mol. The van der Waals surface area contributed by atoms with Crippen molar-refractivity contribution in [3.05, 3.63) is 121 Å². The highest BCUT2D eigenvalue weighted by Crippen LogP contribution is 2.27. The molecule has 0 saturated carbocycles. The van der Waals surface area contributed by atoms with Gasteiger partial charge >= 0.3 is 0 Å². The fourth-order valence-corrected chi connectivity index (χ4v) is 5.93. The van der Waals surface area contributed by atoms with Gasteiger partial charge in [0.25, 0.3) is 15.9 Å². The predicted molar refractivity (Wildman–Crippen MR) is 145 cm³/mol. The second-order valence-electron chi connectivity index (χ2n) is 8.85. The van der Waals surface area contributed by atoms with Crippen LogP contribution in [0.5, 0.6) is 0 Å². The van der Waals surface area contributed by atoms with Crippen LogP contribution in [-0.2, 0) is 16.6 Å². The molecule has 0 radical (unpaired) electrons. The Balaban J connectivity index is 1.34. The lowest BCUT2D eigenvalue weighted by Gasteiger charge is -2.36. The number of sulfonamides is 1. The first kappa shape index (κ1) is 24.5. The molecule has 2 heterocycles. The van der Waals surface area contributed by atoms with Crippen LogP contribution in [0, 0.1) is 0 Å². The van der Waals surface area contributed by atoms with Crippen molar-refractivity contribution in [3.63, 3.8) is 0 Å². The zero-order valence-electron chi connectivity index (χ0n) is 20.3. The molecule has 8 heteroatoms. The molecule has 3 aromatic carbocycles. The number of hydrogen-bond acceptors (Lipinski definition) is 5. The molecular formula is C29H28N4O3S. The summed E-state index contributed by atoms with van der Waals surface area (Å²) in [5.74, 6) is -0.0519. The van der Waals surface area contributed by atoms with Crippen LogP contribution in [0.3, 0.4) is 0 Å². The van der Waals surface area contributed by atoms with Crippen molar-refractivity contribution >= 4 is 27.3 Å². The minimum Gasteiger partial charge on any atom is -0.368 e. The highest BCUT2D eigenvalue weighted by molar-refractivity contribution is 7.92. The molecule has 0 spiro atoms. The Morgan fingerprint density at radius 1 is 0.784 bits per heavy atom. The van der Waals surface area contributed by atoms with Gasteiger partial charge in [-0.1, -0.05) is 42.5 Å². The molecule has 0 atom stereocenters. The number of pyridine rings is 1. The maximum atomic E-state index is 13.6. The first-order valence-electron chi connectivity index (χ1n) is 12.2. The maximum Gasteiger partial charge on any atom is 0.264 e. The number of amides is 1. The number of hydrogen-bond donors (Lipinski definition) is 0. The van der Waals surface area contributed by atoms with E-state index in [1.807, 2.05) is 29.2 Å². The Labute approximate surface area is 217 Å². The van der Waals surface area contributed by atoms with Crippen molar-refractivity contribution in [1.29, 1.82) is 0 Å². The minimum atomic E-state index is -3.83. The van der Waals surface area contributed by atoms with Crippen LogP contribution < -0.4 is 9.21 Å². The number of para-hydroxylation sites is 1. The predicted octanol–water partition coefficient (Wildman–Crippen LogP) is 4.44. The van der Waals surface area contributed by atoms with Crippen molar-refractivity contribution in [3.8, 4) is 0 Å². The van der Waals surface area contributed by atoms with Crippen molar-refractivity contribution in [2.75, 3.05) is 35.4 Å². The Morgan fingerprint density at radius 3 is 2.05 bits per heavy atom. The lowest BCUT2D eigenvalue weighted by Crippen LogP contribution is -2.48. The summed E-state index contributed by atoms with van der Waals surface area (Å²) in [6.07, 6.45) is 3.31. The molecule has 1 saturated heterocycles. The summed E-state index contributed by atoms with van der Waals surface area (Å²) in [5.41, 5.74) is 2.94. The molecule has 4 aromatic rings.